The quantitative estimate of drug-likeness (QED) is 0.488. The molecular weight excluding hydrogens is 439 g/mol. The van der Waals surface area contributed by atoms with Crippen molar-refractivity contribution in [2.75, 3.05) is 20.1 Å². The molecule has 1 aromatic carbocycles. The van der Waals surface area contributed by atoms with Gasteiger partial charge in [0.05, 0.1) is 9.77 Å². The van der Waals surface area contributed by atoms with Crippen molar-refractivity contribution in [1.82, 2.24) is 19.9 Å². The molecule has 4 heterocycles. The van der Waals surface area contributed by atoms with Crippen LogP contribution in [-0.2, 0) is 15.4 Å². The Labute approximate surface area is 182 Å². The monoisotopic (exact) mass is 458 g/mol. The van der Waals surface area contributed by atoms with E-state index in [0.717, 1.165) is 16.9 Å². The van der Waals surface area contributed by atoms with Crippen molar-refractivity contribution in [3.63, 3.8) is 0 Å². The maximum Gasteiger partial charge on any atom is 0.226 e. The number of nitrogens with one attached hydrogen (secondary N) is 1. The van der Waals surface area contributed by atoms with Crippen LogP contribution in [0, 0.1) is 12.7 Å². The van der Waals surface area contributed by atoms with Gasteiger partial charge in [-0.05, 0) is 32.2 Å². The molecule has 1 fully saturated rings. The van der Waals surface area contributed by atoms with Crippen molar-refractivity contribution in [1.29, 1.82) is 0 Å². The largest absolute Gasteiger partial charge is 0.380 e. The SMILES string of the molecule is Cc1ccc(S(=O)(=O)c2nc3[nH]ccc3c(-c3cnc(C4(O)CN(C)C4)s3)c2F)cc1. The van der Waals surface area contributed by atoms with E-state index in [1.54, 1.807) is 24.4 Å². The number of likely N-dealkylation sites (tertiary alicyclic amines) is 1. The Kier molecular flexibility index (Phi) is 4.52. The van der Waals surface area contributed by atoms with Crippen LogP contribution >= 0.6 is 11.3 Å². The number of aliphatic hydroxyl groups is 1. The lowest BCUT2D eigenvalue weighted by atomic mass is 9.96. The molecule has 3 aromatic heterocycles. The van der Waals surface area contributed by atoms with E-state index in [-0.39, 0.29) is 16.1 Å². The maximum absolute atomic E-state index is 15.7. The third-order valence-corrected chi connectivity index (χ3v) is 8.29. The summed E-state index contributed by atoms with van der Waals surface area (Å²) in [5.41, 5.74) is 0.190. The summed E-state index contributed by atoms with van der Waals surface area (Å²) < 4.78 is 42.1. The summed E-state index contributed by atoms with van der Waals surface area (Å²) in [6.45, 7) is 2.71. The lowest BCUT2D eigenvalue weighted by Crippen LogP contribution is -2.57. The highest BCUT2D eigenvalue weighted by Gasteiger charge is 2.43. The number of aromatic amines is 1. The molecule has 1 aliphatic heterocycles. The van der Waals surface area contributed by atoms with Crippen LogP contribution in [0.1, 0.15) is 10.6 Å². The molecule has 31 heavy (non-hydrogen) atoms. The Hall–Kier alpha value is -2.66. The molecule has 4 aromatic rings. The number of fused-ring (bicyclic) bond motifs is 1. The first-order chi connectivity index (χ1) is 14.7. The molecule has 0 aliphatic carbocycles. The number of rotatable bonds is 4. The van der Waals surface area contributed by atoms with E-state index in [1.807, 2.05) is 18.9 Å². The summed E-state index contributed by atoms with van der Waals surface area (Å²) in [6.07, 6.45) is 3.06. The number of nitrogens with zero attached hydrogens (tertiary/aromatic N) is 3. The first kappa shape index (κ1) is 20.3. The molecular formula is C21H19FN4O3S2. The Morgan fingerprint density at radius 2 is 1.94 bits per heavy atom. The van der Waals surface area contributed by atoms with Gasteiger partial charge in [-0.15, -0.1) is 11.3 Å². The van der Waals surface area contributed by atoms with Crippen molar-refractivity contribution in [2.45, 2.75) is 22.4 Å². The number of aryl methyl sites for hydroxylation is 1. The molecule has 0 amide bonds. The molecule has 7 nitrogen and oxygen atoms in total. The van der Waals surface area contributed by atoms with Crippen LogP contribution in [0.25, 0.3) is 21.5 Å². The van der Waals surface area contributed by atoms with Crippen molar-refractivity contribution >= 4 is 32.2 Å². The molecule has 0 unspecified atom stereocenters. The van der Waals surface area contributed by atoms with Gasteiger partial charge in [0.1, 0.15) is 16.3 Å². The van der Waals surface area contributed by atoms with Crippen LogP contribution in [0.3, 0.4) is 0 Å². The van der Waals surface area contributed by atoms with Crippen LogP contribution in [0.15, 0.2) is 52.6 Å². The summed E-state index contributed by atoms with van der Waals surface area (Å²) >= 11 is 1.16. The highest BCUT2D eigenvalue weighted by atomic mass is 32.2. The number of likely N-dealkylation sites (N-methyl/N-ethyl adjacent to an activating group) is 1. The van der Waals surface area contributed by atoms with E-state index >= 15 is 4.39 Å². The highest BCUT2D eigenvalue weighted by Crippen LogP contribution is 2.41. The van der Waals surface area contributed by atoms with E-state index in [9.17, 15) is 13.5 Å². The zero-order valence-corrected chi connectivity index (χ0v) is 18.4. The number of hydrogen-bond donors (Lipinski definition) is 2. The first-order valence-corrected chi connectivity index (χ1v) is 11.8. The lowest BCUT2D eigenvalue weighted by molar-refractivity contribution is -0.0919. The van der Waals surface area contributed by atoms with Crippen molar-refractivity contribution < 1.29 is 17.9 Å². The van der Waals surface area contributed by atoms with Gasteiger partial charge >= 0.3 is 0 Å². The number of β-amino-alcohol motifs (C(OH)–C–C–N with tert-alkyl or cyclic N) is 1. The summed E-state index contributed by atoms with van der Waals surface area (Å²) in [6, 6.07) is 7.85. The molecule has 10 heteroatoms. The van der Waals surface area contributed by atoms with Crippen molar-refractivity contribution in [2.24, 2.45) is 0 Å². The number of hydrogen-bond acceptors (Lipinski definition) is 7. The molecule has 1 saturated heterocycles. The molecule has 0 saturated carbocycles. The normalized spacial score (nSPS) is 16.5. The predicted octanol–water partition coefficient (Wildman–Crippen LogP) is 3.10. The van der Waals surface area contributed by atoms with Crippen molar-refractivity contribution in [3.05, 3.63) is 59.1 Å². The van der Waals surface area contributed by atoms with Gasteiger partial charge < -0.3 is 10.1 Å². The fraction of sp³-hybridized carbons (Fsp3) is 0.238. The minimum Gasteiger partial charge on any atom is -0.380 e. The van der Waals surface area contributed by atoms with Gasteiger partial charge in [-0.1, -0.05) is 17.7 Å². The van der Waals surface area contributed by atoms with Crippen LogP contribution in [-0.4, -0.2) is 53.5 Å². The van der Waals surface area contributed by atoms with E-state index in [2.05, 4.69) is 15.0 Å². The minimum absolute atomic E-state index is 0.0295. The summed E-state index contributed by atoms with van der Waals surface area (Å²) in [7, 11) is -2.30. The lowest BCUT2D eigenvalue weighted by Gasteiger charge is -2.42. The van der Waals surface area contributed by atoms with E-state index in [4.69, 9.17) is 0 Å². The van der Waals surface area contributed by atoms with E-state index in [0.29, 0.717) is 28.4 Å². The van der Waals surface area contributed by atoms with Crippen LogP contribution in [0.4, 0.5) is 4.39 Å². The molecule has 1 aliphatic rings. The van der Waals surface area contributed by atoms with Gasteiger partial charge in [0.15, 0.2) is 10.8 Å². The second-order valence-electron chi connectivity index (χ2n) is 7.90. The number of benzene rings is 1. The molecule has 5 rings (SSSR count). The molecule has 0 radical (unpaired) electrons. The third kappa shape index (κ3) is 3.18. The fourth-order valence-electron chi connectivity index (χ4n) is 3.87. The topological polar surface area (TPSA) is 99.2 Å². The van der Waals surface area contributed by atoms with Crippen LogP contribution in [0.2, 0.25) is 0 Å². The van der Waals surface area contributed by atoms with E-state index < -0.39 is 26.3 Å². The van der Waals surface area contributed by atoms with Gasteiger partial charge in [0.2, 0.25) is 9.84 Å². The van der Waals surface area contributed by atoms with Gasteiger partial charge in [-0.2, -0.15) is 0 Å². The molecule has 160 valence electrons. The fourth-order valence-corrected chi connectivity index (χ4v) is 6.17. The standard InChI is InChI=1S/C21H19FN4O3S2/c1-12-3-5-13(6-4-12)31(28,29)19-17(22)16(14-7-8-23-18(14)25-19)15-9-24-20(30-15)21(27)10-26(2)11-21/h3-9,27H,10-11H2,1-2H3,(H,23,25). The maximum atomic E-state index is 15.7. The Bertz CT molecular complexity index is 1400. The van der Waals surface area contributed by atoms with Crippen molar-refractivity contribution in [3.8, 4) is 10.4 Å². The summed E-state index contributed by atoms with van der Waals surface area (Å²) in [4.78, 5) is 13.6. The van der Waals surface area contributed by atoms with Crippen LogP contribution in [0.5, 0.6) is 0 Å². The number of aromatic nitrogens is 3. The number of sulfone groups is 1. The van der Waals surface area contributed by atoms with E-state index in [1.165, 1.54) is 18.3 Å². The smallest absolute Gasteiger partial charge is 0.226 e. The summed E-state index contributed by atoms with van der Waals surface area (Å²) in [5.74, 6) is -0.930. The zero-order valence-electron chi connectivity index (χ0n) is 16.8. The second kappa shape index (κ2) is 6.92. The zero-order chi connectivity index (χ0) is 22.0. The predicted molar refractivity (Wildman–Crippen MR) is 115 cm³/mol. The Balaban J connectivity index is 1.68. The highest BCUT2D eigenvalue weighted by molar-refractivity contribution is 7.91. The molecule has 0 bridgehead atoms. The molecule has 0 atom stereocenters. The third-order valence-electron chi connectivity index (χ3n) is 5.41. The van der Waals surface area contributed by atoms with Gasteiger partial charge in [0.25, 0.3) is 0 Å². The number of halogens is 1. The first-order valence-electron chi connectivity index (χ1n) is 9.55. The average molecular weight is 459 g/mol. The molecule has 0 spiro atoms. The molecule has 2 N–H and O–H groups in total. The Morgan fingerprint density at radius 1 is 1.23 bits per heavy atom. The van der Waals surface area contributed by atoms with Gasteiger partial charge in [0, 0.05) is 36.4 Å². The number of thiazole rings is 1. The minimum atomic E-state index is -4.19. The summed E-state index contributed by atoms with van der Waals surface area (Å²) in [5, 5.41) is 11.0. The number of H-pyrrole nitrogens is 1. The number of pyridine rings is 1. The average Bonchev–Trinajstić information content (AvgIpc) is 3.36. The van der Waals surface area contributed by atoms with Crippen LogP contribution < -0.4 is 0 Å². The van der Waals surface area contributed by atoms with Gasteiger partial charge in [-0.25, -0.2) is 22.8 Å². The second-order valence-corrected chi connectivity index (χ2v) is 10.8. The van der Waals surface area contributed by atoms with Gasteiger partial charge in [-0.3, -0.25) is 4.90 Å². The Morgan fingerprint density at radius 3 is 2.61 bits per heavy atom.